The summed E-state index contributed by atoms with van der Waals surface area (Å²) in [5.41, 5.74) is -0.467. The predicted octanol–water partition coefficient (Wildman–Crippen LogP) is 2.14. The summed E-state index contributed by atoms with van der Waals surface area (Å²) >= 11 is 5.50. The first-order valence-electron chi connectivity index (χ1n) is 3.91. The molecule has 0 aliphatic heterocycles. The van der Waals surface area contributed by atoms with Crippen LogP contribution in [0.2, 0.25) is 5.02 Å². The van der Waals surface area contributed by atoms with Crippen molar-refractivity contribution in [3.05, 3.63) is 28.5 Å². The lowest BCUT2D eigenvalue weighted by Crippen LogP contribution is -2.09. The highest BCUT2D eigenvalue weighted by Gasteiger charge is 2.14. The maximum atomic E-state index is 13.2. The van der Waals surface area contributed by atoms with Crippen molar-refractivity contribution in [1.82, 2.24) is 0 Å². The van der Waals surface area contributed by atoms with Crippen LogP contribution in [0.15, 0.2) is 12.1 Å². The fourth-order valence-electron chi connectivity index (χ4n) is 0.998. The fourth-order valence-corrected chi connectivity index (χ4v) is 1.23. The number of hydrogen-bond acceptors (Lipinski definition) is 2. The Hall–Kier alpha value is -1.62. The van der Waals surface area contributed by atoms with E-state index in [4.69, 9.17) is 16.7 Å². The van der Waals surface area contributed by atoms with Gasteiger partial charge in [-0.05, 0) is 12.1 Å². The molecule has 0 bridgehead atoms. The van der Waals surface area contributed by atoms with E-state index in [1.807, 2.05) is 0 Å². The van der Waals surface area contributed by atoms with Crippen LogP contribution in [0.4, 0.5) is 10.1 Å². The molecule has 1 aromatic rings. The number of carboxylic acids is 1. The SMILES string of the molecule is CC(=O)Nc1cc(C(=O)O)c(Cl)cc1F. The average Bonchev–Trinajstić information content (AvgIpc) is 2.08. The molecular weight excluding hydrogens is 225 g/mol. The molecule has 0 saturated heterocycles. The monoisotopic (exact) mass is 231 g/mol. The standard InChI is InChI=1S/C9H7ClFNO3/c1-4(13)12-8-2-5(9(14)15)6(10)3-7(8)11/h2-3H,1H3,(H,12,13)(H,14,15). The molecule has 0 unspecified atom stereocenters. The van der Waals surface area contributed by atoms with Gasteiger partial charge in [-0.25, -0.2) is 9.18 Å². The van der Waals surface area contributed by atoms with Crippen molar-refractivity contribution in [3.8, 4) is 0 Å². The van der Waals surface area contributed by atoms with Crippen molar-refractivity contribution < 1.29 is 19.1 Å². The second-order valence-corrected chi connectivity index (χ2v) is 3.21. The minimum absolute atomic E-state index is 0.204. The maximum absolute atomic E-state index is 13.2. The van der Waals surface area contributed by atoms with Gasteiger partial charge in [0, 0.05) is 6.92 Å². The minimum Gasteiger partial charge on any atom is -0.478 e. The molecule has 1 aromatic carbocycles. The number of halogens is 2. The highest BCUT2D eigenvalue weighted by molar-refractivity contribution is 6.33. The number of carbonyl (C=O) groups excluding carboxylic acids is 1. The largest absolute Gasteiger partial charge is 0.478 e. The van der Waals surface area contributed by atoms with E-state index in [0.717, 1.165) is 12.1 Å². The van der Waals surface area contributed by atoms with Crippen LogP contribution >= 0.6 is 11.6 Å². The van der Waals surface area contributed by atoms with Crippen LogP contribution in [-0.2, 0) is 4.79 Å². The smallest absolute Gasteiger partial charge is 0.337 e. The molecule has 0 fully saturated rings. The van der Waals surface area contributed by atoms with Crippen LogP contribution < -0.4 is 5.32 Å². The Bertz CT molecular complexity index is 434. The minimum atomic E-state index is -1.29. The van der Waals surface area contributed by atoms with Gasteiger partial charge < -0.3 is 10.4 Å². The lowest BCUT2D eigenvalue weighted by atomic mass is 10.2. The predicted molar refractivity (Wildman–Crippen MR) is 52.7 cm³/mol. The number of rotatable bonds is 2. The zero-order valence-electron chi connectivity index (χ0n) is 7.67. The molecule has 1 amide bonds. The van der Waals surface area contributed by atoms with E-state index in [0.29, 0.717) is 0 Å². The lowest BCUT2D eigenvalue weighted by Gasteiger charge is -2.06. The highest BCUT2D eigenvalue weighted by atomic mass is 35.5. The van der Waals surface area contributed by atoms with Crippen molar-refractivity contribution in [3.63, 3.8) is 0 Å². The zero-order chi connectivity index (χ0) is 11.6. The summed E-state index contributed by atoms with van der Waals surface area (Å²) in [5.74, 6) is -2.56. The number of hydrogen-bond donors (Lipinski definition) is 2. The first-order valence-corrected chi connectivity index (χ1v) is 4.29. The Morgan fingerprint density at radius 2 is 2.07 bits per heavy atom. The number of nitrogens with one attached hydrogen (secondary N) is 1. The first kappa shape index (κ1) is 11.5. The molecule has 0 heterocycles. The third-order valence-electron chi connectivity index (χ3n) is 1.60. The van der Waals surface area contributed by atoms with Crippen molar-refractivity contribution in [2.24, 2.45) is 0 Å². The number of amides is 1. The second-order valence-electron chi connectivity index (χ2n) is 2.80. The molecule has 0 aromatic heterocycles. The molecule has 15 heavy (non-hydrogen) atoms. The third-order valence-corrected chi connectivity index (χ3v) is 1.91. The van der Waals surface area contributed by atoms with Gasteiger partial charge in [0.1, 0.15) is 5.82 Å². The van der Waals surface area contributed by atoms with Gasteiger partial charge in [0.2, 0.25) is 5.91 Å². The average molecular weight is 232 g/mol. The Morgan fingerprint density at radius 1 is 1.47 bits per heavy atom. The Balaban J connectivity index is 3.23. The van der Waals surface area contributed by atoms with Gasteiger partial charge in [0.25, 0.3) is 0 Å². The molecule has 80 valence electrons. The van der Waals surface area contributed by atoms with E-state index in [1.165, 1.54) is 6.92 Å². The van der Waals surface area contributed by atoms with Crippen molar-refractivity contribution in [2.75, 3.05) is 5.32 Å². The Labute approximate surface area is 89.7 Å². The highest BCUT2D eigenvalue weighted by Crippen LogP contribution is 2.24. The normalized spacial score (nSPS) is 9.80. The van der Waals surface area contributed by atoms with E-state index in [-0.39, 0.29) is 16.3 Å². The van der Waals surface area contributed by atoms with Crippen LogP contribution in [0.1, 0.15) is 17.3 Å². The summed E-state index contributed by atoms with van der Waals surface area (Å²) in [5, 5.41) is 10.6. The molecule has 1 rings (SSSR count). The molecule has 0 spiro atoms. The number of carboxylic acid groups (broad SMARTS) is 1. The Morgan fingerprint density at radius 3 is 2.53 bits per heavy atom. The summed E-state index contributed by atoms with van der Waals surface area (Å²) in [6.45, 7) is 1.19. The van der Waals surface area contributed by atoms with E-state index in [1.54, 1.807) is 0 Å². The van der Waals surface area contributed by atoms with E-state index < -0.39 is 17.7 Å². The van der Waals surface area contributed by atoms with Gasteiger partial charge in [0.05, 0.1) is 16.3 Å². The lowest BCUT2D eigenvalue weighted by molar-refractivity contribution is -0.114. The van der Waals surface area contributed by atoms with Crippen molar-refractivity contribution >= 4 is 29.2 Å². The Kier molecular flexibility index (Phi) is 3.26. The van der Waals surface area contributed by atoms with Crippen LogP contribution in [0.3, 0.4) is 0 Å². The third kappa shape index (κ3) is 2.66. The van der Waals surface area contributed by atoms with Gasteiger partial charge in [-0.3, -0.25) is 4.79 Å². The van der Waals surface area contributed by atoms with Gasteiger partial charge in [-0.15, -0.1) is 0 Å². The van der Waals surface area contributed by atoms with E-state index in [9.17, 15) is 14.0 Å². The van der Waals surface area contributed by atoms with E-state index in [2.05, 4.69) is 5.32 Å². The van der Waals surface area contributed by atoms with Crippen LogP contribution in [0.5, 0.6) is 0 Å². The van der Waals surface area contributed by atoms with Crippen molar-refractivity contribution in [1.29, 1.82) is 0 Å². The van der Waals surface area contributed by atoms with Crippen LogP contribution in [0, 0.1) is 5.82 Å². The van der Waals surface area contributed by atoms with Crippen molar-refractivity contribution in [2.45, 2.75) is 6.92 Å². The van der Waals surface area contributed by atoms with Gasteiger partial charge >= 0.3 is 5.97 Å². The van der Waals surface area contributed by atoms with E-state index >= 15 is 0 Å². The molecule has 4 nitrogen and oxygen atoms in total. The molecule has 0 radical (unpaired) electrons. The molecule has 6 heteroatoms. The molecular formula is C9H7ClFNO3. The number of benzene rings is 1. The summed E-state index contributed by atoms with van der Waals surface area (Å²) in [6, 6.07) is 1.82. The zero-order valence-corrected chi connectivity index (χ0v) is 8.43. The molecule has 0 aliphatic carbocycles. The maximum Gasteiger partial charge on any atom is 0.337 e. The summed E-state index contributed by atoms with van der Waals surface area (Å²) in [7, 11) is 0. The molecule has 0 saturated carbocycles. The van der Waals surface area contributed by atoms with Gasteiger partial charge in [0.15, 0.2) is 0 Å². The quantitative estimate of drug-likeness (QED) is 0.820. The summed E-state index contributed by atoms with van der Waals surface area (Å²) in [6.07, 6.45) is 0. The molecule has 0 aliphatic rings. The molecule has 0 atom stereocenters. The summed E-state index contributed by atoms with van der Waals surface area (Å²) < 4.78 is 13.2. The molecule has 2 N–H and O–H groups in total. The number of anilines is 1. The first-order chi connectivity index (χ1) is 6.91. The second kappa shape index (κ2) is 4.27. The number of carbonyl (C=O) groups is 2. The fraction of sp³-hybridized carbons (Fsp3) is 0.111. The number of aromatic carboxylic acids is 1. The van der Waals surface area contributed by atoms with Gasteiger partial charge in [-0.1, -0.05) is 11.6 Å². The summed E-state index contributed by atoms with van der Waals surface area (Å²) in [4.78, 5) is 21.3. The van der Waals surface area contributed by atoms with Gasteiger partial charge in [-0.2, -0.15) is 0 Å². The topological polar surface area (TPSA) is 66.4 Å². The van der Waals surface area contributed by atoms with Crippen LogP contribution in [0.25, 0.3) is 0 Å². The van der Waals surface area contributed by atoms with Crippen LogP contribution in [-0.4, -0.2) is 17.0 Å².